The Morgan fingerprint density at radius 3 is 1.21 bits per heavy atom. The topological polar surface area (TPSA) is 36.9 Å². The Labute approximate surface area is 116 Å². The van der Waals surface area contributed by atoms with Crippen LogP contribution in [0.3, 0.4) is 0 Å². The molecular formula is C15H26O4. The van der Waals surface area contributed by atoms with Crippen molar-refractivity contribution in [3.05, 3.63) is 13.8 Å². The summed E-state index contributed by atoms with van der Waals surface area (Å²) in [6.45, 7) is 18.5. The average Bonchev–Trinajstić information content (AvgIpc) is 2.27. The molecule has 1 spiro atoms. The molecule has 0 aromatic carbocycles. The second kappa shape index (κ2) is 4.99. The molecule has 2 heterocycles. The van der Waals surface area contributed by atoms with E-state index in [-0.39, 0.29) is 28.8 Å². The molecule has 2 rings (SSSR count). The zero-order valence-corrected chi connectivity index (χ0v) is 12.5. The fourth-order valence-corrected chi connectivity index (χ4v) is 2.26. The summed E-state index contributed by atoms with van der Waals surface area (Å²) in [5, 5.41) is 0. The highest BCUT2D eigenvalue weighted by Crippen LogP contribution is 2.37. The third-order valence-corrected chi connectivity index (χ3v) is 3.44. The van der Waals surface area contributed by atoms with Gasteiger partial charge in [-0.2, -0.15) is 0 Å². The third kappa shape index (κ3) is 3.48. The predicted molar refractivity (Wildman–Crippen MR) is 72.1 cm³/mol. The molecule has 2 aliphatic rings. The lowest BCUT2D eigenvalue weighted by molar-refractivity contribution is -0.327. The van der Waals surface area contributed by atoms with Gasteiger partial charge in [-0.25, -0.2) is 0 Å². The van der Waals surface area contributed by atoms with Crippen molar-refractivity contribution >= 4 is 0 Å². The van der Waals surface area contributed by atoms with E-state index in [1.54, 1.807) is 0 Å². The summed E-state index contributed by atoms with van der Waals surface area (Å²) in [5.41, 5.74) is -0.699. The highest BCUT2D eigenvalue weighted by atomic mass is 16.7. The molecule has 0 aromatic rings. The number of hydrogen-bond donors (Lipinski definition) is 0. The van der Waals surface area contributed by atoms with Crippen LogP contribution in [0.15, 0.2) is 0 Å². The summed E-state index contributed by atoms with van der Waals surface area (Å²) in [6.07, 6.45) is -0.528. The molecule has 0 aliphatic carbocycles. The molecule has 0 atom stereocenters. The Morgan fingerprint density at radius 1 is 0.737 bits per heavy atom. The second-order valence-electron chi connectivity index (χ2n) is 7.39. The maximum absolute atomic E-state index is 5.80. The first-order valence-corrected chi connectivity index (χ1v) is 6.80. The number of rotatable bonds is 2. The average molecular weight is 270 g/mol. The van der Waals surface area contributed by atoms with Gasteiger partial charge in [0.2, 0.25) is 0 Å². The smallest absolute Gasteiger partial charge is 0.162 e. The van der Waals surface area contributed by atoms with E-state index in [2.05, 4.69) is 13.8 Å². The zero-order valence-electron chi connectivity index (χ0n) is 12.5. The molecule has 19 heavy (non-hydrogen) atoms. The van der Waals surface area contributed by atoms with Crippen molar-refractivity contribution in [3.8, 4) is 0 Å². The van der Waals surface area contributed by atoms with Crippen molar-refractivity contribution in [2.75, 3.05) is 26.4 Å². The van der Waals surface area contributed by atoms with Crippen molar-refractivity contribution in [2.45, 2.75) is 40.3 Å². The quantitative estimate of drug-likeness (QED) is 0.772. The molecule has 2 fully saturated rings. The fourth-order valence-electron chi connectivity index (χ4n) is 2.26. The van der Waals surface area contributed by atoms with Gasteiger partial charge in [0.25, 0.3) is 0 Å². The van der Waals surface area contributed by atoms with Gasteiger partial charge in [-0.1, -0.05) is 27.7 Å². The van der Waals surface area contributed by atoms with Crippen LogP contribution in [0.4, 0.5) is 0 Å². The zero-order chi connectivity index (χ0) is 14.3. The minimum atomic E-state index is -0.264. The molecule has 110 valence electrons. The van der Waals surface area contributed by atoms with Crippen LogP contribution in [0.2, 0.25) is 0 Å². The first kappa shape index (κ1) is 15.2. The Hall–Kier alpha value is -0.160. The fraction of sp³-hybridized carbons (Fsp3) is 0.867. The minimum absolute atomic E-state index is 0.191. The SMILES string of the molecule is [CH2]C(C)(C)C1OCC2(CO1)COC(C([CH2])(C)C)OC2. The van der Waals surface area contributed by atoms with E-state index in [0.29, 0.717) is 26.4 Å². The lowest BCUT2D eigenvalue weighted by atomic mass is 9.87. The molecule has 0 amide bonds. The molecular weight excluding hydrogens is 244 g/mol. The van der Waals surface area contributed by atoms with Gasteiger partial charge >= 0.3 is 0 Å². The van der Waals surface area contributed by atoms with E-state index >= 15 is 0 Å². The first-order chi connectivity index (χ1) is 8.62. The van der Waals surface area contributed by atoms with Gasteiger partial charge in [0.15, 0.2) is 12.6 Å². The molecule has 0 bridgehead atoms. The Bertz CT molecular complexity index is 262. The molecule has 0 saturated carbocycles. The van der Waals surface area contributed by atoms with Crippen molar-refractivity contribution in [1.29, 1.82) is 0 Å². The van der Waals surface area contributed by atoms with Crippen LogP contribution >= 0.6 is 0 Å². The van der Waals surface area contributed by atoms with Gasteiger partial charge in [-0.05, 0) is 13.8 Å². The standard InChI is InChI=1S/C15H26O4/c1-13(2,3)11-16-7-15(8-17-11)9-18-12(19-10-15)14(4,5)6/h11-12H,1,4,7-10H2,2-3,5-6H3. The van der Waals surface area contributed by atoms with Crippen molar-refractivity contribution in [2.24, 2.45) is 16.2 Å². The lowest BCUT2D eigenvalue weighted by Gasteiger charge is -2.47. The molecule has 0 unspecified atom stereocenters. The van der Waals surface area contributed by atoms with Gasteiger partial charge in [0.05, 0.1) is 31.8 Å². The van der Waals surface area contributed by atoms with Crippen LogP contribution in [-0.4, -0.2) is 39.0 Å². The van der Waals surface area contributed by atoms with E-state index in [0.717, 1.165) is 0 Å². The van der Waals surface area contributed by atoms with Crippen LogP contribution in [0.5, 0.6) is 0 Å². The number of ether oxygens (including phenoxy) is 4. The summed E-state index contributed by atoms with van der Waals surface area (Å²) in [7, 11) is 0. The molecule has 2 saturated heterocycles. The summed E-state index contributed by atoms with van der Waals surface area (Å²) < 4.78 is 23.2. The molecule has 2 aliphatic heterocycles. The molecule has 0 aromatic heterocycles. The monoisotopic (exact) mass is 270 g/mol. The van der Waals surface area contributed by atoms with Crippen molar-refractivity contribution in [3.63, 3.8) is 0 Å². The Kier molecular flexibility index (Phi) is 4.00. The van der Waals surface area contributed by atoms with Gasteiger partial charge in [-0.3, -0.25) is 0 Å². The van der Waals surface area contributed by atoms with Gasteiger partial charge in [0, 0.05) is 10.8 Å². The summed E-state index contributed by atoms with van der Waals surface area (Å²) >= 11 is 0. The van der Waals surface area contributed by atoms with Crippen LogP contribution in [0.1, 0.15) is 27.7 Å². The maximum Gasteiger partial charge on any atom is 0.162 e. The van der Waals surface area contributed by atoms with Gasteiger partial charge < -0.3 is 18.9 Å². The molecule has 4 heteroatoms. The van der Waals surface area contributed by atoms with Gasteiger partial charge in [-0.15, -0.1) is 0 Å². The van der Waals surface area contributed by atoms with Gasteiger partial charge in [0.1, 0.15) is 0 Å². The normalized spacial score (nSPS) is 37.6. The third-order valence-electron chi connectivity index (χ3n) is 3.44. The van der Waals surface area contributed by atoms with E-state index < -0.39 is 0 Å². The van der Waals surface area contributed by atoms with E-state index in [1.807, 2.05) is 27.7 Å². The van der Waals surface area contributed by atoms with Crippen LogP contribution in [-0.2, 0) is 18.9 Å². The highest BCUT2D eigenvalue weighted by Gasteiger charge is 2.46. The molecule has 4 nitrogen and oxygen atoms in total. The largest absolute Gasteiger partial charge is 0.351 e. The maximum atomic E-state index is 5.80. The summed E-state index contributed by atoms with van der Waals surface area (Å²) in [5.74, 6) is 0. The Morgan fingerprint density at radius 2 is 1.00 bits per heavy atom. The van der Waals surface area contributed by atoms with Crippen LogP contribution in [0.25, 0.3) is 0 Å². The van der Waals surface area contributed by atoms with Crippen LogP contribution < -0.4 is 0 Å². The van der Waals surface area contributed by atoms with Crippen molar-refractivity contribution < 1.29 is 18.9 Å². The highest BCUT2D eigenvalue weighted by molar-refractivity contribution is 4.89. The number of hydrogen-bond acceptors (Lipinski definition) is 4. The van der Waals surface area contributed by atoms with E-state index in [9.17, 15) is 0 Å². The second-order valence-corrected chi connectivity index (χ2v) is 7.39. The van der Waals surface area contributed by atoms with E-state index in [4.69, 9.17) is 18.9 Å². The molecule has 0 N–H and O–H groups in total. The Balaban J connectivity index is 1.88. The predicted octanol–water partition coefficient (Wildman–Crippen LogP) is 2.44. The van der Waals surface area contributed by atoms with E-state index in [1.165, 1.54) is 0 Å². The van der Waals surface area contributed by atoms with Crippen LogP contribution in [0, 0.1) is 30.1 Å². The van der Waals surface area contributed by atoms with Crippen molar-refractivity contribution in [1.82, 2.24) is 0 Å². The minimum Gasteiger partial charge on any atom is -0.351 e. The molecule has 2 radical (unpaired) electrons. The summed E-state index contributed by atoms with van der Waals surface area (Å²) in [4.78, 5) is 0. The first-order valence-electron chi connectivity index (χ1n) is 6.80. The lowest BCUT2D eigenvalue weighted by Crippen LogP contribution is -2.55. The summed E-state index contributed by atoms with van der Waals surface area (Å²) in [6, 6.07) is 0.